The van der Waals surface area contributed by atoms with Gasteiger partial charge in [-0.3, -0.25) is 4.79 Å². The van der Waals surface area contributed by atoms with Crippen molar-refractivity contribution in [3.05, 3.63) is 59.4 Å². The molecule has 0 saturated carbocycles. The summed E-state index contributed by atoms with van der Waals surface area (Å²) < 4.78 is 41.6. The lowest BCUT2D eigenvalue weighted by atomic mass is 10.2. The molecule has 0 bridgehead atoms. The average molecular weight is 448 g/mol. The third-order valence-corrected chi connectivity index (χ3v) is 8.63. The highest BCUT2D eigenvalue weighted by Gasteiger charge is 2.41. The summed E-state index contributed by atoms with van der Waals surface area (Å²) in [5.74, 6) is -0.766. The molecule has 0 spiro atoms. The second kappa shape index (κ2) is 8.05. The van der Waals surface area contributed by atoms with Gasteiger partial charge in [0.25, 0.3) is 0 Å². The predicted octanol–water partition coefficient (Wildman–Crippen LogP) is 3.81. The van der Waals surface area contributed by atoms with Crippen molar-refractivity contribution in [3.8, 4) is 0 Å². The van der Waals surface area contributed by atoms with E-state index in [1.165, 1.54) is 27.8 Å². The van der Waals surface area contributed by atoms with Crippen molar-refractivity contribution >= 4 is 37.5 Å². The Morgan fingerprint density at radius 2 is 1.93 bits per heavy atom. The molecular weight excluding hydrogens is 425 g/mol. The Bertz CT molecular complexity index is 1140. The number of carbonyl (C=O) groups is 1. The van der Waals surface area contributed by atoms with Crippen LogP contribution in [-0.2, 0) is 14.8 Å². The van der Waals surface area contributed by atoms with E-state index in [1.54, 1.807) is 11.9 Å². The highest BCUT2D eigenvalue weighted by molar-refractivity contribution is 7.89. The number of aromatic nitrogens is 1. The molecule has 1 fully saturated rings. The van der Waals surface area contributed by atoms with Crippen molar-refractivity contribution in [1.82, 2.24) is 14.2 Å². The van der Waals surface area contributed by atoms with Crippen LogP contribution in [0, 0.1) is 5.82 Å². The quantitative estimate of drug-likeness (QED) is 0.596. The van der Waals surface area contributed by atoms with Gasteiger partial charge in [-0.15, -0.1) is 11.3 Å². The Kier molecular flexibility index (Phi) is 5.61. The molecule has 2 aromatic carbocycles. The molecule has 0 unspecified atom stereocenters. The number of thiazole rings is 1. The molecule has 1 aliphatic rings. The van der Waals surface area contributed by atoms with Crippen molar-refractivity contribution in [2.75, 3.05) is 13.6 Å². The monoisotopic (exact) mass is 447 g/mol. The third-order valence-electron chi connectivity index (χ3n) is 5.51. The molecule has 0 aliphatic carbocycles. The maximum Gasteiger partial charge on any atom is 0.243 e. The van der Waals surface area contributed by atoms with Gasteiger partial charge in [-0.05, 0) is 56.2 Å². The van der Waals surface area contributed by atoms with E-state index in [9.17, 15) is 17.6 Å². The number of likely N-dealkylation sites (N-methyl/N-ethyl adjacent to an activating group) is 1. The fraction of sp³-hybridized carbons (Fsp3) is 0.333. The minimum Gasteiger partial charge on any atom is -0.335 e. The lowest BCUT2D eigenvalue weighted by Crippen LogP contribution is -2.47. The summed E-state index contributed by atoms with van der Waals surface area (Å²) in [6.45, 7) is 2.16. The number of nitrogens with zero attached hydrogens (tertiary/aromatic N) is 3. The maximum absolute atomic E-state index is 13.3. The van der Waals surface area contributed by atoms with Gasteiger partial charge in [0.05, 0.1) is 21.2 Å². The zero-order valence-corrected chi connectivity index (χ0v) is 18.3. The van der Waals surface area contributed by atoms with E-state index in [1.807, 2.05) is 31.2 Å². The average Bonchev–Trinajstić information content (AvgIpc) is 3.40. The summed E-state index contributed by atoms with van der Waals surface area (Å²) in [5.41, 5.74) is 0.881. The number of rotatable bonds is 5. The minimum atomic E-state index is -3.89. The van der Waals surface area contributed by atoms with Crippen molar-refractivity contribution in [1.29, 1.82) is 0 Å². The smallest absolute Gasteiger partial charge is 0.243 e. The van der Waals surface area contributed by atoms with Crippen LogP contribution in [0.15, 0.2) is 53.4 Å². The second-order valence-corrected chi connectivity index (χ2v) is 10.3. The van der Waals surface area contributed by atoms with E-state index >= 15 is 0 Å². The standard InChI is InChI=1S/C21H22FN3O3S2/c1-14(20-23-17-6-3-4-8-19(17)29-20)24(2)21(26)18-7-5-13-25(18)30(27,28)16-11-9-15(22)10-12-16/h3-4,6,8-12,14,18H,5,7,13H2,1-2H3/t14-,18-/m0/s1. The van der Waals surface area contributed by atoms with Crippen molar-refractivity contribution in [2.45, 2.75) is 36.7 Å². The largest absolute Gasteiger partial charge is 0.335 e. The SMILES string of the molecule is C[C@@H](c1nc2ccccc2s1)N(C)C(=O)[C@@H]1CCCN1S(=O)(=O)c1ccc(F)cc1. The first-order valence-corrected chi connectivity index (χ1v) is 11.9. The summed E-state index contributed by atoms with van der Waals surface area (Å²) >= 11 is 1.53. The van der Waals surface area contributed by atoms with Crippen molar-refractivity contribution in [3.63, 3.8) is 0 Å². The molecule has 2 heterocycles. The number of para-hydroxylation sites is 1. The fourth-order valence-electron chi connectivity index (χ4n) is 3.68. The molecule has 0 radical (unpaired) electrons. The highest BCUT2D eigenvalue weighted by atomic mass is 32.2. The Balaban J connectivity index is 1.57. The normalized spacial score (nSPS) is 18.6. The van der Waals surface area contributed by atoms with E-state index in [2.05, 4.69) is 4.98 Å². The fourth-order valence-corrected chi connectivity index (χ4v) is 6.39. The van der Waals surface area contributed by atoms with E-state index < -0.39 is 21.9 Å². The molecule has 6 nitrogen and oxygen atoms in total. The summed E-state index contributed by atoms with van der Waals surface area (Å²) in [6, 6.07) is 11.4. The Morgan fingerprint density at radius 3 is 2.63 bits per heavy atom. The molecule has 1 aliphatic heterocycles. The van der Waals surface area contributed by atoms with E-state index in [-0.39, 0.29) is 23.4 Å². The number of sulfonamides is 1. The molecule has 158 valence electrons. The number of hydrogen-bond acceptors (Lipinski definition) is 5. The Morgan fingerprint density at radius 1 is 1.23 bits per heavy atom. The molecule has 2 atom stereocenters. The van der Waals surface area contributed by atoms with E-state index in [4.69, 9.17) is 0 Å². The second-order valence-electron chi connectivity index (χ2n) is 7.37. The topological polar surface area (TPSA) is 70.6 Å². The van der Waals surface area contributed by atoms with Gasteiger partial charge in [-0.25, -0.2) is 17.8 Å². The van der Waals surface area contributed by atoms with E-state index in [0.717, 1.165) is 27.4 Å². The van der Waals surface area contributed by atoms with Crippen LogP contribution in [0.4, 0.5) is 4.39 Å². The van der Waals surface area contributed by atoms with Crippen LogP contribution < -0.4 is 0 Å². The molecule has 1 amide bonds. The predicted molar refractivity (Wildman–Crippen MR) is 114 cm³/mol. The zero-order chi connectivity index (χ0) is 21.5. The van der Waals surface area contributed by atoms with Gasteiger partial charge >= 0.3 is 0 Å². The van der Waals surface area contributed by atoms with Crippen LogP contribution in [0.3, 0.4) is 0 Å². The van der Waals surface area contributed by atoms with Crippen LogP contribution in [0.25, 0.3) is 10.2 Å². The van der Waals surface area contributed by atoms with Crippen LogP contribution >= 0.6 is 11.3 Å². The summed E-state index contributed by atoms with van der Waals surface area (Å²) in [6.07, 6.45) is 1.05. The first-order valence-electron chi connectivity index (χ1n) is 9.68. The maximum atomic E-state index is 13.3. The first kappa shape index (κ1) is 20.9. The summed E-state index contributed by atoms with van der Waals surface area (Å²) in [5, 5.41) is 0.804. The molecule has 30 heavy (non-hydrogen) atoms. The van der Waals surface area contributed by atoms with Gasteiger partial charge < -0.3 is 4.90 Å². The molecule has 9 heteroatoms. The minimum absolute atomic E-state index is 0.00882. The number of fused-ring (bicyclic) bond motifs is 1. The van der Waals surface area contributed by atoms with Crippen LogP contribution in [-0.4, -0.2) is 48.1 Å². The number of amides is 1. The molecule has 1 aromatic heterocycles. The van der Waals surface area contributed by atoms with Gasteiger partial charge in [0, 0.05) is 13.6 Å². The van der Waals surface area contributed by atoms with Crippen LogP contribution in [0.1, 0.15) is 30.8 Å². The number of benzene rings is 2. The lowest BCUT2D eigenvalue weighted by molar-refractivity contribution is -0.135. The molecule has 3 aromatic rings. The summed E-state index contributed by atoms with van der Waals surface area (Å²) in [4.78, 5) is 19.4. The van der Waals surface area contributed by atoms with Gasteiger partial charge in [-0.1, -0.05) is 12.1 Å². The van der Waals surface area contributed by atoms with E-state index in [0.29, 0.717) is 12.8 Å². The van der Waals surface area contributed by atoms with Crippen LogP contribution in [0.2, 0.25) is 0 Å². The van der Waals surface area contributed by atoms with Crippen LogP contribution in [0.5, 0.6) is 0 Å². The van der Waals surface area contributed by atoms with Gasteiger partial charge in [-0.2, -0.15) is 4.31 Å². The Labute approximate surface area is 179 Å². The zero-order valence-electron chi connectivity index (χ0n) is 16.7. The summed E-state index contributed by atoms with van der Waals surface area (Å²) in [7, 11) is -2.21. The highest BCUT2D eigenvalue weighted by Crippen LogP contribution is 2.32. The number of halogens is 1. The first-order chi connectivity index (χ1) is 14.3. The Hall–Kier alpha value is -2.36. The number of hydrogen-bond donors (Lipinski definition) is 0. The molecule has 1 saturated heterocycles. The van der Waals surface area contributed by atoms with Crippen molar-refractivity contribution in [2.24, 2.45) is 0 Å². The molecule has 0 N–H and O–H groups in total. The third kappa shape index (κ3) is 3.73. The molecular formula is C21H22FN3O3S2. The van der Waals surface area contributed by atoms with Crippen molar-refractivity contribution < 1.29 is 17.6 Å². The van der Waals surface area contributed by atoms with Gasteiger partial charge in [0.15, 0.2) is 0 Å². The molecule has 4 rings (SSSR count). The lowest BCUT2D eigenvalue weighted by Gasteiger charge is -2.30. The number of carbonyl (C=O) groups excluding carboxylic acids is 1. The van der Waals surface area contributed by atoms with Gasteiger partial charge in [0.2, 0.25) is 15.9 Å². The van der Waals surface area contributed by atoms with Gasteiger partial charge in [0.1, 0.15) is 16.9 Å².